The van der Waals surface area contributed by atoms with Crippen LogP contribution in [0.3, 0.4) is 0 Å². The number of sulfone groups is 1. The number of nitrogens with one attached hydrogen (secondary N) is 1. The highest BCUT2D eigenvalue weighted by molar-refractivity contribution is 7.91. The van der Waals surface area contributed by atoms with Crippen molar-refractivity contribution in [3.8, 4) is 0 Å². The summed E-state index contributed by atoms with van der Waals surface area (Å²) in [6.07, 6.45) is 0.519. The van der Waals surface area contributed by atoms with Crippen LogP contribution >= 0.6 is 0 Å². The number of anilines is 1. The van der Waals surface area contributed by atoms with E-state index in [1.54, 1.807) is 34.1 Å². The van der Waals surface area contributed by atoms with Gasteiger partial charge in [0.25, 0.3) is 5.91 Å². The summed E-state index contributed by atoms with van der Waals surface area (Å²) in [6, 6.07) is 6.37. The van der Waals surface area contributed by atoms with Gasteiger partial charge in [-0.25, -0.2) is 8.42 Å². The molecule has 0 aliphatic carbocycles. The summed E-state index contributed by atoms with van der Waals surface area (Å²) >= 11 is 0. The number of benzene rings is 1. The van der Waals surface area contributed by atoms with Gasteiger partial charge in [-0.3, -0.25) is 14.4 Å². The smallest absolute Gasteiger partial charge is 0.253 e. The van der Waals surface area contributed by atoms with Gasteiger partial charge in [-0.1, -0.05) is 0 Å². The lowest BCUT2D eigenvalue weighted by Gasteiger charge is -2.23. The number of hydrogen-bond donors (Lipinski definition) is 1. The number of amides is 3. The van der Waals surface area contributed by atoms with Crippen molar-refractivity contribution in [2.75, 3.05) is 36.5 Å². The summed E-state index contributed by atoms with van der Waals surface area (Å²) in [4.78, 5) is 40.5. The van der Waals surface area contributed by atoms with Crippen LogP contribution in [0.4, 0.5) is 5.69 Å². The van der Waals surface area contributed by atoms with Crippen LogP contribution in [0, 0.1) is 5.92 Å². The molecular weight excluding hydrogens is 394 g/mol. The van der Waals surface area contributed by atoms with Gasteiger partial charge < -0.3 is 15.1 Å². The number of carbonyl (C=O) groups is 3. The predicted octanol–water partition coefficient (Wildman–Crippen LogP) is 1.14. The number of carbonyl (C=O) groups excluding carboxylic acids is 3. The highest BCUT2D eigenvalue weighted by atomic mass is 32.2. The SMILES string of the molecule is CCN(CC)C(=O)c1ccc(NC(=O)[C@H]2CC(=O)N([C@H]3CCS(=O)(=O)C3)C2)cc1. The number of rotatable bonds is 6. The summed E-state index contributed by atoms with van der Waals surface area (Å²) in [6.45, 7) is 5.33. The lowest BCUT2D eigenvalue weighted by atomic mass is 10.1. The Morgan fingerprint density at radius 2 is 1.83 bits per heavy atom. The fourth-order valence-corrected chi connectivity index (χ4v) is 5.65. The maximum atomic E-state index is 12.6. The lowest BCUT2D eigenvalue weighted by Crippen LogP contribution is -2.38. The molecule has 158 valence electrons. The predicted molar refractivity (Wildman–Crippen MR) is 109 cm³/mol. The van der Waals surface area contributed by atoms with Crippen LogP contribution in [0.2, 0.25) is 0 Å². The van der Waals surface area contributed by atoms with Crippen molar-refractivity contribution in [2.45, 2.75) is 32.7 Å². The van der Waals surface area contributed by atoms with Gasteiger partial charge >= 0.3 is 0 Å². The first kappa shape index (κ1) is 21.3. The molecule has 1 aromatic rings. The van der Waals surface area contributed by atoms with Crippen LogP contribution in [0.15, 0.2) is 24.3 Å². The summed E-state index contributed by atoms with van der Waals surface area (Å²) in [5.41, 5.74) is 1.11. The van der Waals surface area contributed by atoms with Gasteiger partial charge in [0.15, 0.2) is 9.84 Å². The summed E-state index contributed by atoms with van der Waals surface area (Å²) in [5.74, 6) is -0.942. The Morgan fingerprint density at radius 1 is 1.17 bits per heavy atom. The molecule has 0 bridgehead atoms. The second kappa shape index (κ2) is 8.52. The summed E-state index contributed by atoms with van der Waals surface area (Å²) < 4.78 is 23.3. The molecule has 2 saturated heterocycles. The van der Waals surface area contributed by atoms with Crippen LogP contribution in [-0.2, 0) is 19.4 Å². The third-order valence-electron chi connectivity index (χ3n) is 5.63. The molecule has 0 aromatic heterocycles. The van der Waals surface area contributed by atoms with E-state index in [1.807, 2.05) is 13.8 Å². The van der Waals surface area contributed by atoms with Crippen molar-refractivity contribution in [1.29, 1.82) is 0 Å². The molecule has 2 atom stereocenters. The molecule has 3 amide bonds. The molecule has 2 aliphatic rings. The second-order valence-corrected chi connectivity index (χ2v) is 9.78. The van der Waals surface area contributed by atoms with Crippen molar-refractivity contribution in [3.05, 3.63) is 29.8 Å². The second-order valence-electron chi connectivity index (χ2n) is 7.55. The summed E-state index contributed by atoms with van der Waals surface area (Å²) in [7, 11) is -3.09. The maximum Gasteiger partial charge on any atom is 0.253 e. The van der Waals surface area contributed by atoms with Crippen LogP contribution in [0.1, 0.15) is 37.0 Å². The number of likely N-dealkylation sites (tertiary alicyclic amines) is 1. The Bertz CT molecular complexity index is 893. The quantitative estimate of drug-likeness (QED) is 0.742. The normalized spacial score (nSPS) is 23.2. The van der Waals surface area contributed by atoms with Crippen molar-refractivity contribution in [3.63, 3.8) is 0 Å². The third-order valence-corrected chi connectivity index (χ3v) is 7.38. The number of nitrogens with zero attached hydrogens (tertiary/aromatic N) is 2. The van der Waals surface area contributed by atoms with E-state index in [4.69, 9.17) is 0 Å². The van der Waals surface area contributed by atoms with Gasteiger partial charge in [0.05, 0.1) is 17.4 Å². The van der Waals surface area contributed by atoms with E-state index >= 15 is 0 Å². The monoisotopic (exact) mass is 421 g/mol. The average Bonchev–Trinajstić information content (AvgIpc) is 3.25. The largest absolute Gasteiger partial charge is 0.339 e. The standard InChI is InChI=1S/C20H27N3O5S/c1-3-22(4-2)20(26)14-5-7-16(8-6-14)21-19(25)15-11-18(24)23(12-15)17-9-10-29(27,28)13-17/h5-8,15,17H,3-4,9-13H2,1-2H3,(H,21,25)/t15-,17-/m0/s1. The molecular formula is C20H27N3O5S. The zero-order chi connectivity index (χ0) is 21.2. The Kier molecular flexibility index (Phi) is 6.26. The fourth-order valence-electron chi connectivity index (χ4n) is 3.92. The van der Waals surface area contributed by atoms with E-state index in [0.717, 1.165) is 0 Å². The molecule has 2 fully saturated rings. The van der Waals surface area contributed by atoms with E-state index in [0.29, 0.717) is 30.8 Å². The molecule has 9 heteroatoms. The zero-order valence-corrected chi connectivity index (χ0v) is 17.6. The molecule has 2 heterocycles. The molecule has 0 spiro atoms. The molecule has 1 N–H and O–H groups in total. The van der Waals surface area contributed by atoms with Crippen LogP contribution in [-0.4, -0.2) is 73.1 Å². The highest BCUT2D eigenvalue weighted by Crippen LogP contribution is 2.27. The Hall–Kier alpha value is -2.42. The first-order valence-corrected chi connectivity index (χ1v) is 11.8. The maximum absolute atomic E-state index is 12.6. The summed E-state index contributed by atoms with van der Waals surface area (Å²) in [5, 5.41) is 2.79. The van der Waals surface area contributed by atoms with Gasteiger partial charge in [-0.2, -0.15) is 0 Å². The number of hydrogen-bond acceptors (Lipinski definition) is 5. The Labute approximate surface area is 171 Å². The van der Waals surface area contributed by atoms with E-state index < -0.39 is 15.8 Å². The molecule has 29 heavy (non-hydrogen) atoms. The first-order valence-electron chi connectivity index (χ1n) is 9.94. The van der Waals surface area contributed by atoms with Crippen molar-refractivity contribution < 1.29 is 22.8 Å². The zero-order valence-electron chi connectivity index (χ0n) is 16.8. The van der Waals surface area contributed by atoms with Gasteiger partial charge in [-0.15, -0.1) is 0 Å². The Balaban J connectivity index is 1.59. The fraction of sp³-hybridized carbons (Fsp3) is 0.550. The highest BCUT2D eigenvalue weighted by Gasteiger charge is 2.41. The molecule has 0 unspecified atom stereocenters. The Morgan fingerprint density at radius 3 is 2.38 bits per heavy atom. The van der Waals surface area contributed by atoms with E-state index in [2.05, 4.69) is 5.32 Å². The van der Waals surface area contributed by atoms with E-state index in [9.17, 15) is 22.8 Å². The molecule has 1 aromatic carbocycles. The van der Waals surface area contributed by atoms with Crippen molar-refractivity contribution >= 4 is 33.2 Å². The van der Waals surface area contributed by atoms with E-state index in [-0.39, 0.29) is 48.2 Å². The topological polar surface area (TPSA) is 104 Å². The third kappa shape index (κ3) is 4.77. The molecule has 3 rings (SSSR count). The van der Waals surface area contributed by atoms with Crippen LogP contribution < -0.4 is 5.32 Å². The van der Waals surface area contributed by atoms with Crippen LogP contribution in [0.25, 0.3) is 0 Å². The molecule has 0 radical (unpaired) electrons. The molecule has 8 nitrogen and oxygen atoms in total. The molecule has 2 aliphatic heterocycles. The minimum absolute atomic E-state index is 0.0187. The van der Waals surface area contributed by atoms with Gasteiger partial charge in [0.1, 0.15) is 0 Å². The lowest BCUT2D eigenvalue weighted by molar-refractivity contribution is -0.129. The van der Waals surface area contributed by atoms with Crippen LogP contribution in [0.5, 0.6) is 0 Å². The molecule has 0 saturated carbocycles. The first-order chi connectivity index (χ1) is 13.7. The minimum Gasteiger partial charge on any atom is -0.339 e. The van der Waals surface area contributed by atoms with Gasteiger partial charge in [0, 0.05) is 43.3 Å². The average molecular weight is 422 g/mol. The van der Waals surface area contributed by atoms with Crippen molar-refractivity contribution in [2.24, 2.45) is 5.92 Å². The van der Waals surface area contributed by atoms with Crippen molar-refractivity contribution in [1.82, 2.24) is 9.80 Å². The minimum atomic E-state index is -3.09. The van der Waals surface area contributed by atoms with Gasteiger partial charge in [0.2, 0.25) is 11.8 Å². The van der Waals surface area contributed by atoms with Gasteiger partial charge in [-0.05, 0) is 44.5 Å². The van der Waals surface area contributed by atoms with E-state index in [1.165, 1.54) is 0 Å².